The Labute approximate surface area is 199 Å². The van der Waals surface area contributed by atoms with Crippen molar-refractivity contribution in [3.63, 3.8) is 0 Å². The monoisotopic (exact) mass is 493 g/mol. The van der Waals surface area contributed by atoms with Crippen molar-refractivity contribution in [1.82, 2.24) is 20.2 Å². The number of likely N-dealkylation sites (tertiary alicyclic amines) is 1. The Bertz CT molecular complexity index is 1110. The van der Waals surface area contributed by atoms with Crippen LogP contribution >= 0.6 is 0 Å². The summed E-state index contributed by atoms with van der Waals surface area (Å²) in [6, 6.07) is 2.73. The third-order valence-corrected chi connectivity index (χ3v) is 5.22. The van der Waals surface area contributed by atoms with Gasteiger partial charge in [-0.15, -0.1) is 0 Å². The number of aromatic nitrogens is 2. The number of rotatable bonds is 5. The fourth-order valence-electron chi connectivity index (χ4n) is 3.63. The fourth-order valence-corrected chi connectivity index (χ4v) is 3.63. The minimum atomic E-state index is -4.61. The maximum atomic E-state index is 12.8. The molecule has 0 saturated carbocycles. The highest BCUT2D eigenvalue weighted by Gasteiger charge is 2.36. The molecule has 2 aromatic rings. The maximum absolute atomic E-state index is 12.8. The van der Waals surface area contributed by atoms with Crippen LogP contribution in [-0.2, 0) is 22.3 Å². The lowest BCUT2D eigenvalue weighted by Gasteiger charge is -2.28. The van der Waals surface area contributed by atoms with Gasteiger partial charge < -0.3 is 15.8 Å². The van der Waals surface area contributed by atoms with Gasteiger partial charge in [-0.2, -0.15) is 13.2 Å². The summed E-state index contributed by atoms with van der Waals surface area (Å²) < 4.78 is 43.9. The summed E-state index contributed by atoms with van der Waals surface area (Å²) in [5.41, 5.74) is 4.41. The van der Waals surface area contributed by atoms with E-state index >= 15 is 0 Å². The van der Waals surface area contributed by atoms with Gasteiger partial charge in [0.2, 0.25) is 5.91 Å². The molecule has 3 rings (SSSR count). The Kier molecular flexibility index (Phi) is 7.32. The average Bonchev–Trinajstić information content (AvgIpc) is 3.26. The Morgan fingerprint density at radius 3 is 2.46 bits per heavy atom. The van der Waals surface area contributed by atoms with Crippen molar-refractivity contribution >= 4 is 17.9 Å². The second-order valence-electron chi connectivity index (χ2n) is 9.06. The standard InChI is InChI=1S/C23H26F3N5O4/c1-22(2,3)35-21(34)31-8-4-5-17(31)20(33)30-11-14-9-15(16(12-28-14)19(27)32)13-6-7-18(29-10-13)23(24,25)26/h6-7,9-10,12,17H,4-5,8,11H2,1-3H3,(H2,27,32)(H,30,33)/t17-/m0/s1. The molecule has 3 amide bonds. The van der Waals surface area contributed by atoms with Crippen LogP contribution in [0, 0.1) is 0 Å². The zero-order chi connectivity index (χ0) is 26.0. The molecule has 0 aromatic carbocycles. The molecule has 0 unspecified atom stereocenters. The van der Waals surface area contributed by atoms with E-state index in [2.05, 4.69) is 15.3 Å². The van der Waals surface area contributed by atoms with Gasteiger partial charge in [0.05, 0.1) is 17.8 Å². The van der Waals surface area contributed by atoms with Crippen molar-refractivity contribution in [2.24, 2.45) is 5.73 Å². The molecule has 1 fully saturated rings. The van der Waals surface area contributed by atoms with E-state index < -0.39 is 41.4 Å². The normalized spacial score (nSPS) is 16.2. The molecular weight excluding hydrogens is 467 g/mol. The quantitative estimate of drug-likeness (QED) is 0.658. The number of nitrogens with one attached hydrogen (secondary N) is 1. The van der Waals surface area contributed by atoms with Crippen LogP contribution in [0.2, 0.25) is 0 Å². The van der Waals surface area contributed by atoms with Gasteiger partial charge in [0.1, 0.15) is 17.3 Å². The van der Waals surface area contributed by atoms with Crippen molar-refractivity contribution in [3.05, 3.63) is 47.5 Å². The van der Waals surface area contributed by atoms with Crippen molar-refractivity contribution in [3.8, 4) is 11.1 Å². The number of amides is 3. The van der Waals surface area contributed by atoms with Crippen molar-refractivity contribution in [2.75, 3.05) is 6.54 Å². The molecule has 0 bridgehead atoms. The zero-order valence-electron chi connectivity index (χ0n) is 19.5. The minimum absolute atomic E-state index is 0.00599. The number of carbonyl (C=O) groups is 3. The molecule has 3 heterocycles. The van der Waals surface area contributed by atoms with Gasteiger partial charge in [-0.05, 0) is 51.3 Å². The lowest BCUT2D eigenvalue weighted by Crippen LogP contribution is -2.47. The molecule has 35 heavy (non-hydrogen) atoms. The number of pyridine rings is 2. The Morgan fingerprint density at radius 1 is 1.17 bits per heavy atom. The highest BCUT2D eigenvalue weighted by atomic mass is 19.4. The van der Waals surface area contributed by atoms with Crippen LogP contribution in [0.4, 0.5) is 18.0 Å². The van der Waals surface area contributed by atoms with E-state index in [1.165, 1.54) is 23.2 Å². The Balaban J connectivity index is 1.76. The third kappa shape index (κ3) is 6.46. The number of ether oxygens (including phenoxy) is 1. The van der Waals surface area contributed by atoms with Gasteiger partial charge in [-0.25, -0.2) is 4.79 Å². The highest BCUT2D eigenvalue weighted by molar-refractivity contribution is 5.99. The lowest BCUT2D eigenvalue weighted by molar-refractivity contribution is -0.141. The van der Waals surface area contributed by atoms with E-state index in [1.54, 1.807) is 20.8 Å². The number of alkyl halides is 3. The average molecular weight is 493 g/mol. The van der Waals surface area contributed by atoms with E-state index in [9.17, 15) is 27.6 Å². The molecule has 2 aromatic heterocycles. The van der Waals surface area contributed by atoms with E-state index in [0.29, 0.717) is 25.1 Å². The second-order valence-corrected chi connectivity index (χ2v) is 9.06. The number of primary amides is 1. The molecule has 9 nitrogen and oxygen atoms in total. The first-order valence-electron chi connectivity index (χ1n) is 10.9. The van der Waals surface area contributed by atoms with Crippen LogP contribution in [0.3, 0.4) is 0 Å². The van der Waals surface area contributed by atoms with Crippen LogP contribution in [0.1, 0.15) is 55.4 Å². The molecule has 1 aliphatic rings. The topological polar surface area (TPSA) is 128 Å². The SMILES string of the molecule is CC(C)(C)OC(=O)N1CCC[C@H]1C(=O)NCc1cc(-c2ccc(C(F)(F)F)nc2)c(C(N)=O)cn1. The first-order chi connectivity index (χ1) is 16.3. The summed E-state index contributed by atoms with van der Waals surface area (Å²) in [7, 11) is 0. The number of halogens is 3. The zero-order valence-corrected chi connectivity index (χ0v) is 19.5. The van der Waals surface area contributed by atoms with Crippen molar-refractivity contribution in [1.29, 1.82) is 0 Å². The second kappa shape index (κ2) is 9.88. The van der Waals surface area contributed by atoms with E-state index in [1.807, 2.05) is 0 Å². The van der Waals surface area contributed by atoms with Gasteiger partial charge in [0, 0.05) is 24.5 Å². The maximum Gasteiger partial charge on any atom is 0.433 e. The first-order valence-corrected chi connectivity index (χ1v) is 10.9. The van der Waals surface area contributed by atoms with E-state index in [4.69, 9.17) is 10.5 Å². The summed E-state index contributed by atoms with van der Waals surface area (Å²) in [5.74, 6) is -1.21. The van der Waals surface area contributed by atoms with Gasteiger partial charge >= 0.3 is 12.3 Å². The lowest BCUT2D eigenvalue weighted by atomic mass is 10.0. The van der Waals surface area contributed by atoms with Crippen LogP contribution in [0.15, 0.2) is 30.6 Å². The summed E-state index contributed by atoms with van der Waals surface area (Å²) in [4.78, 5) is 46.0. The Morgan fingerprint density at radius 2 is 1.89 bits per heavy atom. The number of hydrogen-bond acceptors (Lipinski definition) is 6. The van der Waals surface area contributed by atoms with Crippen LogP contribution in [0.5, 0.6) is 0 Å². The third-order valence-electron chi connectivity index (χ3n) is 5.22. The van der Waals surface area contributed by atoms with Crippen molar-refractivity contribution < 1.29 is 32.3 Å². The minimum Gasteiger partial charge on any atom is -0.444 e. The molecule has 0 spiro atoms. The molecule has 1 atom stereocenters. The number of carbonyl (C=O) groups excluding carboxylic acids is 3. The molecule has 3 N–H and O–H groups in total. The summed E-state index contributed by atoms with van der Waals surface area (Å²) in [5, 5.41) is 2.71. The highest BCUT2D eigenvalue weighted by Crippen LogP contribution is 2.30. The summed E-state index contributed by atoms with van der Waals surface area (Å²) in [6.07, 6.45) is -1.87. The smallest absolute Gasteiger partial charge is 0.433 e. The van der Waals surface area contributed by atoms with Gasteiger partial charge in [-0.3, -0.25) is 24.5 Å². The van der Waals surface area contributed by atoms with Crippen LogP contribution in [0.25, 0.3) is 11.1 Å². The first kappa shape index (κ1) is 25.9. The predicted octanol–water partition coefficient (Wildman–Crippen LogP) is 3.28. The molecule has 0 aliphatic carbocycles. The van der Waals surface area contributed by atoms with Crippen LogP contribution < -0.4 is 11.1 Å². The predicted molar refractivity (Wildman–Crippen MR) is 119 cm³/mol. The molecule has 1 aliphatic heterocycles. The van der Waals surface area contributed by atoms with Gasteiger partial charge in [0.15, 0.2) is 0 Å². The number of hydrogen-bond donors (Lipinski definition) is 2. The largest absolute Gasteiger partial charge is 0.444 e. The molecule has 0 radical (unpaired) electrons. The fraction of sp³-hybridized carbons (Fsp3) is 0.435. The van der Waals surface area contributed by atoms with Crippen molar-refractivity contribution in [2.45, 2.75) is 58.0 Å². The van der Waals surface area contributed by atoms with Gasteiger partial charge in [-0.1, -0.05) is 6.07 Å². The Hall–Kier alpha value is -3.70. The number of nitrogens with two attached hydrogens (primary N) is 1. The molecule has 1 saturated heterocycles. The summed E-state index contributed by atoms with van der Waals surface area (Å²) in [6.45, 7) is 5.56. The summed E-state index contributed by atoms with van der Waals surface area (Å²) >= 11 is 0. The van der Waals surface area contributed by atoms with E-state index in [0.717, 1.165) is 12.3 Å². The molecule has 12 heteroatoms. The van der Waals surface area contributed by atoms with Crippen LogP contribution in [-0.4, -0.2) is 51.0 Å². The van der Waals surface area contributed by atoms with E-state index in [-0.39, 0.29) is 23.2 Å². The van der Waals surface area contributed by atoms with Gasteiger partial charge in [0.25, 0.3) is 5.91 Å². The molecule has 188 valence electrons. The number of nitrogens with zero attached hydrogens (tertiary/aromatic N) is 3. The molecular formula is C23H26F3N5O4.